The van der Waals surface area contributed by atoms with E-state index in [0.717, 1.165) is 49.5 Å². The summed E-state index contributed by atoms with van der Waals surface area (Å²) in [5.41, 5.74) is 1.73. The molecule has 0 aromatic carbocycles. The summed E-state index contributed by atoms with van der Waals surface area (Å²) in [6, 6.07) is 3.80. The van der Waals surface area contributed by atoms with Crippen LogP contribution in [0.15, 0.2) is 12.1 Å². The Kier molecular flexibility index (Phi) is 4.04. The maximum Gasteiger partial charge on any atom is 0.215 e. The highest BCUT2D eigenvalue weighted by Gasteiger charge is 2.33. The minimum absolute atomic E-state index is 0.0340. The van der Waals surface area contributed by atoms with Crippen molar-refractivity contribution in [2.24, 2.45) is 0 Å². The van der Waals surface area contributed by atoms with Crippen LogP contribution in [-0.4, -0.2) is 40.7 Å². The van der Waals surface area contributed by atoms with E-state index >= 15 is 0 Å². The fraction of sp³-hybridized carbons (Fsp3) is 0.600. The van der Waals surface area contributed by atoms with E-state index in [1.54, 1.807) is 7.11 Å². The first kappa shape index (κ1) is 14.6. The van der Waals surface area contributed by atoms with Crippen LogP contribution < -0.4 is 4.74 Å². The molecule has 0 amide bonds. The number of pyridine rings is 1. The largest absolute Gasteiger partial charge is 0.481 e. The van der Waals surface area contributed by atoms with Gasteiger partial charge in [-0.3, -0.25) is 0 Å². The quantitative estimate of drug-likeness (QED) is 0.815. The normalized spacial score (nSPS) is 18.0. The highest BCUT2D eigenvalue weighted by atomic mass is 35.5. The number of ether oxygens (including phenoxy) is 2. The number of nitrogens with zero attached hydrogens (tertiary/aromatic N) is 3. The SMILES string of the molecule is COc1ccc2nc(CCCl)n(C3(C)CCOCC3)c2n1. The van der Waals surface area contributed by atoms with Crippen LogP contribution in [0.1, 0.15) is 25.6 Å². The Labute approximate surface area is 129 Å². The lowest BCUT2D eigenvalue weighted by Crippen LogP contribution is -2.38. The van der Waals surface area contributed by atoms with Gasteiger partial charge in [0.2, 0.25) is 5.88 Å². The molecule has 3 heterocycles. The van der Waals surface area contributed by atoms with Crippen LogP contribution in [0.2, 0.25) is 0 Å². The van der Waals surface area contributed by atoms with Gasteiger partial charge in [-0.05, 0) is 25.8 Å². The van der Waals surface area contributed by atoms with Crippen molar-refractivity contribution < 1.29 is 9.47 Å². The molecule has 0 bridgehead atoms. The number of halogens is 1. The summed E-state index contributed by atoms with van der Waals surface area (Å²) in [7, 11) is 1.63. The predicted octanol–water partition coefficient (Wildman–Crippen LogP) is 2.75. The van der Waals surface area contributed by atoms with Gasteiger partial charge in [0.1, 0.15) is 11.3 Å². The van der Waals surface area contributed by atoms with E-state index < -0.39 is 0 Å². The van der Waals surface area contributed by atoms with Crippen LogP contribution in [0.25, 0.3) is 11.2 Å². The van der Waals surface area contributed by atoms with Gasteiger partial charge in [0, 0.05) is 37.1 Å². The van der Waals surface area contributed by atoms with E-state index in [0.29, 0.717) is 11.8 Å². The van der Waals surface area contributed by atoms with Gasteiger partial charge in [-0.1, -0.05) is 0 Å². The van der Waals surface area contributed by atoms with Gasteiger partial charge in [0.05, 0.1) is 7.11 Å². The van der Waals surface area contributed by atoms with E-state index in [4.69, 9.17) is 26.1 Å². The zero-order chi connectivity index (χ0) is 14.9. The van der Waals surface area contributed by atoms with Crippen molar-refractivity contribution in [1.82, 2.24) is 14.5 Å². The molecular formula is C15H20ClN3O2. The summed E-state index contributed by atoms with van der Waals surface area (Å²) in [6.07, 6.45) is 2.63. The number of fused-ring (bicyclic) bond motifs is 1. The van der Waals surface area contributed by atoms with E-state index in [1.165, 1.54) is 0 Å². The molecule has 5 nitrogen and oxygen atoms in total. The number of rotatable bonds is 4. The van der Waals surface area contributed by atoms with Crippen LogP contribution in [0.5, 0.6) is 5.88 Å². The molecule has 0 unspecified atom stereocenters. The molecular weight excluding hydrogens is 290 g/mol. The second-order valence-corrected chi connectivity index (χ2v) is 5.99. The molecule has 2 aromatic heterocycles. The Morgan fingerprint density at radius 2 is 2.10 bits per heavy atom. The van der Waals surface area contributed by atoms with Crippen molar-refractivity contribution in [3.05, 3.63) is 18.0 Å². The summed E-state index contributed by atoms with van der Waals surface area (Å²) in [5.74, 6) is 2.15. The van der Waals surface area contributed by atoms with E-state index in [2.05, 4.69) is 16.5 Å². The third-order valence-electron chi connectivity index (χ3n) is 4.19. The van der Waals surface area contributed by atoms with Gasteiger partial charge >= 0.3 is 0 Å². The molecule has 0 saturated carbocycles. The molecule has 1 aliphatic rings. The topological polar surface area (TPSA) is 49.2 Å². The van der Waals surface area contributed by atoms with Crippen molar-refractivity contribution in [2.45, 2.75) is 31.7 Å². The third-order valence-corrected chi connectivity index (χ3v) is 4.37. The van der Waals surface area contributed by atoms with E-state index in [9.17, 15) is 0 Å². The molecule has 1 saturated heterocycles. The van der Waals surface area contributed by atoms with Crippen molar-refractivity contribution in [3.63, 3.8) is 0 Å². The minimum atomic E-state index is -0.0340. The van der Waals surface area contributed by atoms with Gasteiger partial charge < -0.3 is 14.0 Å². The van der Waals surface area contributed by atoms with Crippen LogP contribution in [0.3, 0.4) is 0 Å². The van der Waals surface area contributed by atoms with Crippen molar-refractivity contribution >= 4 is 22.8 Å². The highest BCUT2D eigenvalue weighted by Crippen LogP contribution is 2.34. The minimum Gasteiger partial charge on any atom is -0.481 e. The molecule has 0 atom stereocenters. The average molecular weight is 310 g/mol. The molecule has 21 heavy (non-hydrogen) atoms. The molecule has 0 radical (unpaired) electrons. The molecule has 0 N–H and O–H groups in total. The molecule has 1 aliphatic heterocycles. The van der Waals surface area contributed by atoms with Crippen molar-refractivity contribution in [2.75, 3.05) is 26.2 Å². The lowest BCUT2D eigenvalue weighted by molar-refractivity contribution is 0.0299. The molecule has 114 valence electrons. The first-order valence-corrected chi connectivity index (χ1v) is 7.78. The number of hydrogen-bond acceptors (Lipinski definition) is 4. The zero-order valence-corrected chi connectivity index (χ0v) is 13.2. The maximum atomic E-state index is 5.96. The van der Waals surface area contributed by atoms with E-state index in [1.807, 2.05) is 12.1 Å². The molecule has 3 rings (SSSR count). The number of hydrogen-bond donors (Lipinski definition) is 0. The van der Waals surface area contributed by atoms with Crippen molar-refractivity contribution in [1.29, 1.82) is 0 Å². The summed E-state index contributed by atoms with van der Waals surface area (Å²) in [6.45, 7) is 3.77. The molecule has 0 spiro atoms. The third kappa shape index (κ3) is 2.60. The average Bonchev–Trinajstić information content (AvgIpc) is 2.86. The van der Waals surface area contributed by atoms with Gasteiger partial charge in [0.15, 0.2) is 5.65 Å². The summed E-state index contributed by atoms with van der Waals surface area (Å²) >= 11 is 5.96. The van der Waals surface area contributed by atoms with Gasteiger partial charge in [-0.2, -0.15) is 4.98 Å². The van der Waals surface area contributed by atoms with Crippen LogP contribution in [-0.2, 0) is 16.7 Å². The molecule has 0 aliphatic carbocycles. The number of methoxy groups -OCH3 is 1. The Morgan fingerprint density at radius 1 is 1.33 bits per heavy atom. The second-order valence-electron chi connectivity index (χ2n) is 5.61. The van der Waals surface area contributed by atoms with Crippen LogP contribution in [0.4, 0.5) is 0 Å². The smallest absolute Gasteiger partial charge is 0.215 e. The second kappa shape index (κ2) is 5.81. The number of aromatic nitrogens is 3. The van der Waals surface area contributed by atoms with Crippen LogP contribution >= 0.6 is 11.6 Å². The number of aryl methyl sites for hydroxylation is 1. The Balaban J connectivity index is 2.18. The summed E-state index contributed by atoms with van der Waals surface area (Å²) in [5, 5.41) is 0. The lowest BCUT2D eigenvalue weighted by atomic mass is 9.92. The standard InChI is InChI=1S/C15H20ClN3O2/c1-15(6-9-21-10-7-15)19-12(5-8-16)17-11-3-4-13(20-2)18-14(11)19/h3-4H,5-10H2,1-2H3. The van der Waals surface area contributed by atoms with Gasteiger partial charge in [-0.25, -0.2) is 4.98 Å². The highest BCUT2D eigenvalue weighted by molar-refractivity contribution is 6.17. The molecule has 2 aromatic rings. The Bertz CT molecular complexity index is 635. The zero-order valence-electron chi connectivity index (χ0n) is 12.4. The first-order chi connectivity index (χ1) is 10.2. The summed E-state index contributed by atoms with van der Waals surface area (Å²) < 4.78 is 13.0. The monoisotopic (exact) mass is 309 g/mol. The maximum absolute atomic E-state index is 5.96. The molecule has 1 fully saturated rings. The fourth-order valence-corrected chi connectivity index (χ4v) is 3.12. The van der Waals surface area contributed by atoms with Crippen molar-refractivity contribution in [3.8, 4) is 5.88 Å². The lowest BCUT2D eigenvalue weighted by Gasteiger charge is -2.36. The summed E-state index contributed by atoms with van der Waals surface area (Å²) in [4.78, 5) is 9.33. The van der Waals surface area contributed by atoms with E-state index in [-0.39, 0.29) is 5.54 Å². The Hall–Kier alpha value is -1.33. The fourth-order valence-electron chi connectivity index (χ4n) is 2.95. The number of alkyl halides is 1. The van der Waals surface area contributed by atoms with Gasteiger partial charge in [0.25, 0.3) is 0 Å². The first-order valence-electron chi connectivity index (χ1n) is 7.24. The predicted molar refractivity (Wildman–Crippen MR) is 82.2 cm³/mol. The van der Waals surface area contributed by atoms with Crippen LogP contribution in [0, 0.1) is 0 Å². The van der Waals surface area contributed by atoms with Gasteiger partial charge in [-0.15, -0.1) is 11.6 Å². The molecule has 6 heteroatoms. The number of imidazole rings is 1. The Morgan fingerprint density at radius 3 is 2.76 bits per heavy atom.